The van der Waals surface area contributed by atoms with Gasteiger partial charge in [-0.3, -0.25) is 9.59 Å². The Kier molecular flexibility index (Phi) is 12.2. The first-order valence-electron chi connectivity index (χ1n) is 11.4. The summed E-state index contributed by atoms with van der Waals surface area (Å²) in [5.41, 5.74) is 0. The van der Waals surface area contributed by atoms with Crippen molar-refractivity contribution in [1.29, 1.82) is 0 Å². The van der Waals surface area contributed by atoms with Crippen LogP contribution in [0.3, 0.4) is 0 Å². The first kappa shape index (κ1) is 24.7. The van der Waals surface area contributed by atoms with Crippen molar-refractivity contribution in [1.82, 2.24) is 0 Å². The van der Waals surface area contributed by atoms with Crippen molar-refractivity contribution in [2.75, 3.05) is 0 Å². The van der Waals surface area contributed by atoms with Crippen LogP contribution in [0.5, 0.6) is 0 Å². The van der Waals surface area contributed by atoms with Crippen LogP contribution in [0.25, 0.3) is 0 Å². The predicted molar refractivity (Wildman–Crippen MR) is 114 cm³/mol. The maximum atomic E-state index is 12.6. The van der Waals surface area contributed by atoms with E-state index in [2.05, 4.69) is 27.7 Å². The predicted octanol–water partition coefficient (Wildman–Crippen LogP) is 6.39. The summed E-state index contributed by atoms with van der Waals surface area (Å²) in [4.78, 5) is 24.0. The molecule has 28 heavy (non-hydrogen) atoms. The van der Waals surface area contributed by atoms with Gasteiger partial charge in [-0.15, -0.1) is 0 Å². The number of hydrogen-bond acceptors (Lipinski definition) is 3. The molecule has 0 amide bonds. The number of allylic oxidation sites excluding steroid dienone is 2. The number of aliphatic carboxylic acids is 1. The standard InChI is InChI=1S/C24H42O4/c1-18(2)14-10-8-6-5-7-9-11-17-22(19(3)4)28-24(27)21-16-13-12-15-20(21)23(25)26/h12-13,18-22H,5-11,14-17H2,1-4H3,(H,25,26). The number of esters is 1. The molecule has 4 heteroatoms. The van der Waals surface area contributed by atoms with E-state index in [1.165, 1.54) is 44.9 Å². The third-order valence-corrected chi connectivity index (χ3v) is 5.83. The number of unbranched alkanes of at least 4 members (excludes halogenated alkanes) is 6. The van der Waals surface area contributed by atoms with Gasteiger partial charge in [0.05, 0.1) is 11.8 Å². The number of carbonyl (C=O) groups excluding carboxylic acids is 1. The summed E-state index contributed by atoms with van der Waals surface area (Å²) in [5, 5.41) is 9.36. The molecule has 0 aromatic heterocycles. The fraction of sp³-hybridized carbons (Fsp3) is 0.833. The number of ether oxygens (including phenoxy) is 1. The van der Waals surface area contributed by atoms with Gasteiger partial charge in [-0.25, -0.2) is 0 Å². The summed E-state index contributed by atoms with van der Waals surface area (Å²) >= 11 is 0. The Morgan fingerprint density at radius 2 is 1.36 bits per heavy atom. The molecule has 1 N–H and O–H groups in total. The van der Waals surface area contributed by atoms with E-state index in [0.717, 1.165) is 18.8 Å². The van der Waals surface area contributed by atoms with Gasteiger partial charge in [0, 0.05) is 0 Å². The topological polar surface area (TPSA) is 63.6 Å². The van der Waals surface area contributed by atoms with E-state index in [4.69, 9.17) is 4.74 Å². The summed E-state index contributed by atoms with van der Waals surface area (Å²) in [6, 6.07) is 0. The number of carboxylic acid groups (broad SMARTS) is 1. The molecule has 1 rings (SSSR count). The first-order chi connectivity index (χ1) is 13.3. The Labute approximate surface area is 172 Å². The Morgan fingerprint density at radius 1 is 0.857 bits per heavy atom. The van der Waals surface area contributed by atoms with E-state index in [0.29, 0.717) is 12.8 Å². The highest BCUT2D eigenvalue weighted by Crippen LogP contribution is 2.28. The van der Waals surface area contributed by atoms with Gasteiger partial charge in [0.1, 0.15) is 6.10 Å². The molecule has 0 aromatic rings. The van der Waals surface area contributed by atoms with E-state index in [-0.39, 0.29) is 18.0 Å². The summed E-state index contributed by atoms with van der Waals surface area (Å²) in [6.45, 7) is 8.71. The minimum atomic E-state index is -0.902. The van der Waals surface area contributed by atoms with Crippen molar-refractivity contribution in [3.05, 3.63) is 12.2 Å². The molecule has 1 aliphatic rings. The molecule has 0 spiro atoms. The maximum Gasteiger partial charge on any atom is 0.310 e. The van der Waals surface area contributed by atoms with Crippen LogP contribution in [0.15, 0.2) is 12.2 Å². The van der Waals surface area contributed by atoms with E-state index in [1.807, 2.05) is 12.2 Å². The Morgan fingerprint density at radius 3 is 1.86 bits per heavy atom. The lowest BCUT2D eigenvalue weighted by Gasteiger charge is -2.28. The highest BCUT2D eigenvalue weighted by atomic mass is 16.5. The van der Waals surface area contributed by atoms with Crippen molar-refractivity contribution < 1.29 is 19.4 Å². The van der Waals surface area contributed by atoms with E-state index < -0.39 is 17.8 Å². The van der Waals surface area contributed by atoms with Crippen molar-refractivity contribution in [3.63, 3.8) is 0 Å². The van der Waals surface area contributed by atoms with Crippen LogP contribution in [0.1, 0.15) is 98.3 Å². The summed E-state index contributed by atoms with van der Waals surface area (Å²) < 4.78 is 5.78. The molecule has 0 fully saturated rings. The third kappa shape index (κ3) is 9.75. The lowest BCUT2D eigenvalue weighted by atomic mass is 9.83. The molecule has 0 bridgehead atoms. The quantitative estimate of drug-likeness (QED) is 0.211. The second-order valence-electron chi connectivity index (χ2n) is 9.16. The van der Waals surface area contributed by atoms with Crippen molar-refractivity contribution in [3.8, 4) is 0 Å². The third-order valence-electron chi connectivity index (χ3n) is 5.83. The summed E-state index contributed by atoms with van der Waals surface area (Å²) in [5.74, 6) is -1.37. The number of carboxylic acids is 1. The zero-order valence-corrected chi connectivity index (χ0v) is 18.5. The van der Waals surface area contributed by atoms with Crippen LogP contribution < -0.4 is 0 Å². The van der Waals surface area contributed by atoms with Crippen LogP contribution in [0, 0.1) is 23.7 Å². The summed E-state index contributed by atoms with van der Waals surface area (Å²) in [7, 11) is 0. The molecule has 0 radical (unpaired) electrons. The number of carbonyl (C=O) groups is 2. The van der Waals surface area contributed by atoms with Crippen molar-refractivity contribution in [2.24, 2.45) is 23.7 Å². The minimum absolute atomic E-state index is 0.112. The van der Waals surface area contributed by atoms with E-state index >= 15 is 0 Å². The fourth-order valence-corrected chi connectivity index (χ4v) is 3.89. The van der Waals surface area contributed by atoms with Crippen LogP contribution in [-0.2, 0) is 14.3 Å². The van der Waals surface area contributed by atoms with Gasteiger partial charge in [0.15, 0.2) is 0 Å². The van der Waals surface area contributed by atoms with Crippen LogP contribution in [-0.4, -0.2) is 23.1 Å². The van der Waals surface area contributed by atoms with Crippen LogP contribution in [0.2, 0.25) is 0 Å². The average Bonchev–Trinajstić information content (AvgIpc) is 2.65. The van der Waals surface area contributed by atoms with E-state index in [9.17, 15) is 14.7 Å². The Balaban J connectivity index is 2.28. The number of hydrogen-bond donors (Lipinski definition) is 1. The van der Waals surface area contributed by atoms with Gasteiger partial charge in [0.2, 0.25) is 0 Å². The molecule has 0 saturated heterocycles. The fourth-order valence-electron chi connectivity index (χ4n) is 3.89. The normalized spacial score (nSPS) is 20.5. The monoisotopic (exact) mass is 394 g/mol. The first-order valence-corrected chi connectivity index (χ1v) is 11.4. The molecular formula is C24H42O4. The molecule has 1 aliphatic carbocycles. The van der Waals surface area contributed by atoms with Crippen LogP contribution in [0.4, 0.5) is 0 Å². The van der Waals surface area contributed by atoms with Gasteiger partial charge in [-0.2, -0.15) is 0 Å². The lowest BCUT2D eigenvalue weighted by Crippen LogP contribution is -2.35. The molecule has 3 atom stereocenters. The van der Waals surface area contributed by atoms with Gasteiger partial charge in [-0.05, 0) is 37.5 Å². The molecule has 0 heterocycles. The molecule has 0 aromatic carbocycles. The van der Waals surface area contributed by atoms with Gasteiger partial charge < -0.3 is 9.84 Å². The van der Waals surface area contributed by atoms with Gasteiger partial charge in [0.25, 0.3) is 0 Å². The zero-order valence-electron chi connectivity index (χ0n) is 18.5. The minimum Gasteiger partial charge on any atom is -0.481 e. The second kappa shape index (κ2) is 13.8. The second-order valence-corrected chi connectivity index (χ2v) is 9.16. The Hall–Kier alpha value is -1.32. The molecule has 4 nitrogen and oxygen atoms in total. The molecular weight excluding hydrogens is 352 g/mol. The molecule has 0 aliphatic heterocycles. The SMILES string of the molecule is CC(C)CCCCCCCCCC(OC(=O)C1CC=CCC1C(=O)O)C(C)C. The van der Waals surface area contributed by atoms with E-state index in [1.54, 1.807) is 0 Å². The zero-order chi connectivity index (χ0) is 20.9. The molecule has 3 unspecified atom stereocenters. The molecule has 0 saturated carbocycles. The largest absolute Gasteiger partial charge is 0.481 e. The summed E-state index contributed by atoms with van der Waals surface area (Å²) in [6.07, 6.45) is 15.5. The molecule has 162 valence electrons. The Bertz CT molecular complexity index is 481. The van der Waals surface area contributed by atoms with Gasteiger partial charge in [-0.1, -0.05) is 84.8 Å². The highest BCUT2D eigenvalue weighted by molar-refractivity contribution is 5.81. The maximum absolute atomic E-state index is 12.6. The highest BCUT2D eigenvalue weighted by Gasteiger charge is 2.36. The number of rotatable bonds is 14. The van der Waals surface area contributed by atoms with Crippen molar-refractivity contribution >= 4 is 11.9 Å². The van der Waals surface area contributed by atoms with Gasteiger partial charge >= 0.3 is 11.9 Å². The average molecular weight is 395 g/mol. The smallest absolute Gasteiger partial charge is 0.310 e. The van der Waals surface area contributed by atoms with Crippen molar-refractivity contribution in [2.45, 2.75) is 104 Å². The lowest BCUT2D eigenvalue weighted by molar-refractivity contribution is -0.164. The van der Waals surface area contributed by atoms with Crippen LogP contribution >= 0.6 is 0 Å².